The zero-order valence-electron chi connectivity index (χ0n) is 18.7. The molecule has 0 heterocycles. The maximum Gasteiger partial charge on any atom is 0.0842 e. The molecule has 3 aliphatic rings. The number of hydrogen-bond donors (Lipinski definition) is 0. The molecule has 0 spiro atoms. The van der Waals surface area contributed by atoms with E-state index in [1.807, 2.05) is 6.08 Å². The SMILES string of the molecule is C=Cc1ccc(C[P+](CCC2C=CC=C2)(CCC2C=CC=C2)CCC2C=CC=C2)cc1. The summed E-state index contributed by atoms with van der Waals surface area (Å²) in [4.78, 5) is 0. The van der Waals surface area contributed by atoms with Gasteiger partial charge in [0.15, 0.2) is 0 Å². The van der Waals surface area contributed by atoms with Gasteiger partial charge < -0.3 is 0 Å². The molecule has 1 aromatic rings. The van der Waals surface area contributed by atoms with Crippen LogP contribution in [0.2, 0.25) is 0 Å². The van der Waals surface area contributed by atoms with Crippen LogP contribution in [0, 0.1) is 17.8 Å². The van der Waals surface area contributed by atoms with Crippen molar-refractivity contribution in [1.82, 2.24) is 0 Å². The van der Waals surface area contributed by atoms with Gasteiger partial charge in [0.2, 0.25) is 0 Å². The Balaban J connectivity index is 1.53. The van der Waals surface area contributed by atoms with Crippen molar-refractivity contribution in [3.8, 4) is 0 Å². The molecule has 0 nitrogen and oxygen atoms in total. The molecule has 0 atom stereocenters. The molecular formula is C30H36P+. The summed E-state index contributed by atoms with van der Waals surface area (Å²) in [6, 6.07) is 9.19. The summed E-state index contributed by atoms with van der Waals surface area (Å²) in [6.07, 6.45) is 39.0. The second-order valence-corrected chi connectivity index (χ2v) is 13.6. The third-order valence-corrected chi connectivity index (χ3v) is 11.7. The smallest absolute Gasteiger partial charge is 0.0842 e. The van der Waals surface area contributed by atoms with Gasteiger partial charge in [-0.25, -0.2) is 0 Å². The van der Waals surface area contributed by atoms with Gasteiger partial charge in [0, 0.05) is 7.26 Å². The third-order valence-electron chi connectivity index (χ3n) is 7.03. The molecule has 1 aromatic carbocycles. The summed E-state index contributed by atoms with van der Waals surface area (Å²) < 4.78 is 0. The van der Waals surface area contributed by atoms with Gasteiger partial charge in [0.25, 0.3) is 0 Å². The van der Waals surface area contributed by atoms with Crippen molar-refractivity contribution in [2.24, 2.45) is 17.8 Å². The Morgan fingerprint density at radius 1 is 0.613 bits per heavy atom. The molecule has 0 bridgehead atoms. The normalized spacial score (nSPS) is 18.2. The number of rotatable bonds is 12. The second kappa shape index (κ2) is 10.9. The van der Waals surface area contributed by atoms with Crippen LogP contribution < -0.4 is 0 Å². The first-order valence-corrected chi connectivity index (χ1v) is 14.4. The van der Waals surface area contributed by atoms with Crippen LogP contribution in [0.1, 0.15) is 30.4 Å². The topological polar surface area (TPSA) is 0 Å². The molecule has 3 aliphatic carbocycles. The second-order valence-electron chi connectivity index (χ2n) is 9.28. The molecule has 0 unspecified atom stereocenters. The molecule has 0 saturated heterocycles. The highest BCUT2D eigenvalue weighted by Crippen LogP contribution is 2.64. The summed E-state index contributed by atoms with van der Waals surface area (Å²) >= 11 is 0. The van der Waals surface area contributed by atoms with E-state index in [2.05, 4.69) is 104 Å². The Morgan fingerprint density at radius 3 is 1.35 bits per heavy atom. The lowest BCUT2D eigenvalue weighted by atomic mass is 10.1. The number of allylic oxidation sites excluding steroid dienone is 12. The fourth-order valence-electron chi connectivity index (χ4n) is 5.00. The fourth-order valence-corrected chi connectivity index (χ4v) is 9.67. The minimum absolute atomic E-state index is 0.639. The van der Waals surface area contributed by atoms with E-state index in [0.29, 0.717) is 17.8 Å². The lowest BCUT2D eigenvalue weighted by molar-refractivity contribution is 0.744. The van der Waals surface area contributed by atoms with E-state index >= 15 is 0 Å². The largest absolute Gasteiger partial charge is 0.0985 e. The van der Waals surface area contributed by atoms with Crippen LogP contribution in [0.15, 0.2) is 104 Å². The molecule has 0 aromatic heterocycles. The molecule has 4 rings (SSSR count). The first-order valence-electron chi connectivity index (χ1n) is 11.9. The average molecular weight is 428 g/mol. The van der Waals surface area contributed by atoms with Crippen molar-refractivity contribution < 1.29 is 0 Å². The Morgan fingerprint density at radius 2 is 1.00 bits per heavy atom. The monoisotopic (exact) mass is 427 g/mol. The van der Waals surface area contributed by atoms with Gasteiger partial charge in [0.1, 0.15) is 0 Å². The van der Waals surface area contributed by atoms with Gasteiger partial charge in [-0.05, 0) is 48.1 Å². The van der Waals surface area contributed by atoms with Gasteiger partial charge in [-0.1, -0.05) is 110 Å². The van der Waals surface area contributed by atoms with E-state index in [0.717, 1.165) is 0 Å². The van der Waals surface area contributed by atoms with Crippen molar-refractivity contribution in [2.75, 3.05) is 18.5 Å². The molecule has 0 aliphatic heterocycles. The third kappa shape index (κ3) is 6.41. The van der Waals surface area contributed by atoms with E-state index in [4.69, 9.17) is 0 Å². The summed E-state index contributed by atoms with van der Waals surface area (Å²) in [5, 5.41) is 0. The van der Waals surface area contributed by atoms with Crippen LogP contribution in [-0.2, 0) is 6.16 Å². The standard InChI is InChI=1S/C30H36P/c1-2-26-15-17-30(18-16-26)25-31(22-19-27-9-3-4-10-27,23-20-28-11-5-6-12-28)24-21-29-13-7-8-14-29/h2-18,27-29H,1,19-25H2/q+1. The highest BCUT2D eigenvalue weighted by molar-refractivity contribution is 7.75. The Kier molecular flexibility index (Phi) is 7.76. The number of benzene rings is 1. The van der Waals surface area contributed by atoms with Gasteiger partial charge in [0.05, 0.1) is 24.6 Å². The lowest BCUT2D eigenvalue weighted by Gasteiger charge is -2.30. The zero-order chi connectivity index (χ0) is 21.4. The minimum Gasteiger partial charge on any atom is -0.0985 e. The highest BCUT2D eigenvalue weighted by Gasteiger charge is 2.38. The van der Waals surface area contributed by atoms with E-state index < -0.39 is 7.26 Å². The van der Waals surface area contributed by atoms with Crippen LogP contribution in [0.4, 0.5) is 0 Å². The maximum absolute atomic E-state index is 3.92. The lowest BCUT2D eigenvalue weighted by Crippen LogP contribution is -2.16. The summed E-state index contributed by atoms with van der Waals surface area (Å²) in [6.45, 7) is 3.92. The van der Waals surface area contributed by atoms with E-state index in [-0.39, 0.29) is 0 Å². The predicted octanol–water partition coefficient (Wildman–Crippen LogP) is 8.24. The number of hydrogen-bond acceptors (Lipinski definition) is 0. The molecule has 160 valence electrons. The summed E-state index contributed by atoms with van der Waals surface area (Å²) in [5.41, 5.74) is 2.74. The van der Waals surface area contributed by atoms with E-state index in [1.54, 1.807) is 0 Å². The van der Waals surface area contributed by atoms with Crippen molar-refractivity contribution in [3.63, 3.8) is 0 Å². The van der Waals surface area contributed by atoms with E-state index in [1.165, 1.54) is 55.0 Å². The first-order chi connectivity index (χ1) is 15.2. The van der Waals surface area contributed by atoms with Crippen LogP contribution in [0.5, 0.6) is 0 Å². The quantitative estimate of drug-likeness (QED) is 0.295. The minimum atomic E-state index is -1.13. The molecule has 31 heavy (non-hydrogen) atoms. The summed E-state index contributed by atoms with van der Waals surface area (Å²) in [7, 11) is -1.13. The van der Waals surface area contributed by atoms with Crippen molar-refractivity contribution in [3.05, 3.63) is 115 Å². The van der Waals surface area contributed by atoms with Crippen LogP contribution in [-0.4, -0.2) is 18.5 Å². The van der Waals surface area contributed by atoms with Gasteiger partial charge in [-0.3, -0.25) is 0 Å². The maximum atomic E-state index is 3.92. The predicted molar refractivity (Wildman–Crippen MR) is 141 cm³/mol. The van der Waals surface area contributed by atoms with Crippen LogP contribution in [0.25, 0.3) is 6.08 Å². The molecule has 0 fully saturated rings. The highest BCUT2D eigenvalue weighted by atomic mass is 31.2. The molecule has 0 N–H and O–H groups in total. The molecule has 0 saturated carbocycles. The Bertz CT molecular complexity index is 791. The average Bonchev–Trinajstić information content (AvgIpc) is 3.59. The van der Waals surface area contributed by atoms with Crippen molar-refractivity contribution in [1.29, 1.82) is 0 Å². The van der Waals surface area contributed by atoms with Crippen molar-refractivity contribution in [2.45, 2.75) is 25.4 Å². The van der Waals surface area contributed by atoms with Crippen molar-refractivity contribution >= 4 is 13.3 Å². The Labute approximate surface area is 189 Å². The summed E-state index contributed by atoms with van der Waals surface area (Å²) in [5.74, 6) is 1.92. The molecule has 1 heteroatoms. The van der Waals surface area contributed by atoms with Gasteiger partial charge in [-0.15, -0.1) is 0 Å². The zero-order valence-corrected chi connectivity index (χ0v) is 19.5. The van der Waals surface area contributed by atoms with Gasteiger partial charge >= 0.3 is 0 Å². The molecular weight excluding hydrogens is 391 g/mol. The molecule has 0 amide bonds. The van der Waals surface area contributed by atoms with Crippen LogP contribution >= 0.6 is 7.26 Å². The Hall–Kier alpha value is -2.17. The fraction of sp³-hybridized carbons (Fsp3) is 0.333. The van der Waals surface area contributed by atoms with Crippen LogP contribution in [0.3, 0.4) is 0 Å². The van der Waals surface area contributed by atoms with E-state index in [9.17, 15) is 0 Å². The first kappa shape index (κ1) is 22.0. The molecule has 0 radical (unpaired) electrons. The van der Waals surface area contributed by atoms with Gasteiger partial charge in [-0.2, -0.15) is 0 Å².